The zero-order valence-electron chi connectivity index (χ0n) is 17.3. The molecule has 0 bridgehead atoms. The maximum absolute atomic E-state index is 13.0. The van der Waals surface area contributed by atoms with Crippen molar-refractivity contribution in [1.29, 1.82) is 0 Å². The van der Waals surface area contributed by atoms with Gasteiger partial charge in [-0.15, -0.1) is 5.10 Å². The Morgan fingerprint density at radius 3 is 2.62 bits per heavy atom. The van der Waals surface area contributed by atoms with E-state index in [2.05, 4.69) is 20.6 Å². The van der Waals surface area contributed by atoms with Gasteiger partial charge in [0.05, 0.1) is 17.7 Å². The van der Waals surface area contributed by atoms with Crippen LogP contribution in [0, 0.1) is 6.92 Å². The van der Waals surface area contributed by atoms with Crippen LogP contribution >= 0.6 is 0 Å². The third-order valence-corrected chi connectivity index (χ3v) is 5.23. The Labute approximate surface area is 183 Å². The number of benzene rings is 2. The average molecular weight is 428 g/mol. The van der Waals surface area contributed by atoms with Crippen LogP contribution in [-0.2, 0) is 4.79 Å². The summed E-state index contributed by atoms with van der Waals surface area (Å²) in [5.41, 5.74) is 3.79. The Morgan fingerprint density at radius 1 is 1.12 bits per heavy atom. The van der Waals surface area contributed by atoms with Gasteiger partial charge < -0.3 is 9.15 Å². The highest BCUT2D eigenvalue weighted by Gasteiger charge is 2.35. The summed E-state index contributed by atoms with van der Waals surface area (Å²) < 4.78 is 12.8. The highest BCUT2D eigenvalue weighted by molar-refractivity contribution is 6.03. The number of rotatable bonds is 6. The molecule has 2 aromatic carbocycles. The highest BCUT2D eigenvalue weighted by Crippen LogP contribution is 2.33. The molecule has 0 unspecified atom stereocenters. The zero-order valence-corrected chi connectivity index (χ0v) is 17.3. The number of carbonyl (C=O) groups is 1. The van der Waals surface area contributed by atoms with E-state index in [-0.39, 0.29) is 18.6 Å². The fraction of sp³-hybridized carbons (Fsp3) is 0.174. The molecular formula is C23H20N6O3. The number of hydrogen-bond acceptors (Lipinski definition) is 7. The van der Waals surface area contributed by atoms with E-state index in [4.69, 9.17) is 9.15 Å². The van der Waals surface area contributed by atoms with Gasteiger partial charge in [0.15, 0.2) is 6.61 Å². The SMILES string of the molecule is Cc1ccc(C2=NN(C(=O)COc3ccc(-n4cnnn4)cc3)[C@H](c3ccco3)C2)cc1. The van der Waals surface area contributed by atoms with Gasteiger partial charge in [-0.3, -0.25) is 4.79 Å². The molecule has 0 radical (unpaired) electrons. The summed E-state index contributed by atoms with van der Waals surface area (Å²) in [6, 6.07) is 18.6. The fourth-order valence-corrected chi connectivity index (χ4v) is 3.55. The van der Waals surface area contributed by atoms with E-state index in [0.717, 1.165) is 17.0 Å². The lowest BCUT2D eigenvalue weighted by Crippen LogP contribution is -2.31. The van der Waals surface area contributed by atoms with Gasteiger partial charge >= 0.3 is 0 Å². The van der Waals surface area contributed by atoms with Crippen molar-refractivity contribution in [3.05, 3.63) is 90.1 Å². The lowest BCUT2D eigenvalue weighted by molar-refractivity contribution is -0.135. The second kappa shape index (κ2) is 8.46. The first kappa shape index (κ1) is 19.7. The predicted octanol–water partition coefficient (Wildman–Crippen LogP) is 3.32. The van der Waals surface area contributed by atoms with Crippen molar-refractivity contribution >= 4 is 11.6 Å². The first-order valence-corrected chi connectivity index (χ1v) is 10.1. The summed E-state index contributed by atoms with van der Waals surface area (Å²) in [5.74, 6) is 1.000. The Kier molecular flexibility index (Phi) is 5.20. The van der Waals surface area contributed by atoms with Gasteiger partial charge in [0.25, 0.3) is 5.91 Å². The largest absolute Gasteiger partial charge is 0.484 e. The molecular weight excluding hydrogens is 408 g/mol. The molecule has 0 saturated carbocycles. The fourth-order valence-electron chi connectivity index (χ4n) is 3.55. The minimum atomic E-state index is -0.306. The Morgan fingerprint density at radius 2 is 1.94 bits per heavy atom. The second-order valence-corrected chi connectivity index (χ2v) is 7.42. The van der Waals surface area contributed by atoms with Crippen molar-refractivity contribution in [1.82, 2.24) is 25.2 Å². The topological polar surface area (TPSA) is 98.6 Å². The van der Waals surface area contributed by atoms with Crippen LogP contribution in [0.2, 0.25) is 0 Å². The van der Waals surface area contributed by atoms with Crippen LogP contribution in [0.5, 0.6) is 5.75 Å². The number of carbonyl (C=O) groups excluding carboxylic acids is 1. The van der Waals surface area contributed by atoms with Crippen molar-refractivity contribution in [3.8, 4) is 11.4 Å². The number of hydrogen-bond donors (Lipinski definition) is 0. The predicted molar refractivity (Wildman–Crippen MR) is 115 cm³/mol. The van der Waals surface area contributed by atoms with Crippen LogP contribution in [0.15, 0.2) is 82.8 Å². The molecule has 0 spiro atoms. The molecule has 1 amide bonds. The lowest BCUT2D eigenvalue weighted by Gasteiger charge is -2.20. The molecule has 1 aliphatic heterocycles. The van der Waals surface area contributed by atoms with Crippen LogP contribution in [0.25, 0.3) is 5.69 Å². The summed E-state index contributed by atoms with van der Waals surface area (Å²) in [4.78, 5) is 13.0. The van der Waals surface area contributed by atoms with Crippen molar-refractivity contribution in [3.63, 3.8) is 0 Å². The van der Waals surface area contributed by atoms with Crippen LogP contribution < -0.4 is 4.74 Å². The maximum atomic E-state index is 13.0. The van der Waals surface area contributed by atoms with Crippen LogP contribution in [0.1, 0.15) is 29.3 Å². The molecule has 9 heteroatoms. The molecule has 160 valence electrons. The molecule has 3 heterocycles. The number of hydrazone groups is 1. The van der Waals surface area contributed by atoms with Gasteiger partial charge in [0.1, 0.15) is 23.9 Å². The number of amides is 1. The van der Waals surface area contributed by atoms with E-state index in [9.17, 15) is 4.79 Å². The number of tetrazole rings is 1. The van der Waals surface area contributed by atoms with E-state index >= 15 is 0 Å². The van der Waals surface area contributed by atoms with Crippen LogP contribution in [0.4, 0.5) is 0 Å². The summed E-state index contributed by atoms with van der Waals surface area (Å²) >= 11 is 0. The molecule has 0 fully saturated rings. The van der Waals surface area contributed by atoms with E-state index in [0.29, 0.717) is 17.9 Å². The number of furan rings is 1. The second-order valence-electron chi connectivity index (χ2n) is 7.42. The van der Waals surface area contributed by atoms with Gasteiger partial charge in [-0.2, -0.15) is 5.10 Å². The standard InChI is InChI=1S/C23H20N6O3/c1-16-4-6-17(7-5-16)20-13-21(22-3-2-12-31-22)29(25-20)23(30)14-32-19-10-8-18(9-11-19)28-15-24-26-27-28/h2-12,15,21H,13-14H2,1H3/t21-/m0/s1. The van der Waals surface area contributed by atoms with E-state index < -0.39 is 0 Å². The molecule has 1 atom stereocenters. The number of nitrogens with zero attached hydrogens (tertiary/aromatic N) is 6. The summed E-state index contributed by atoms with van der Waals surface area (Å²) in [7, 11) is 0. The maximum Gasteiger partial charge on any atom is 0.281 e. The Balaban J connectivity index is 1.31. The van der Waals surface area contributed by atoms with Gasteiger partial charge in [-0.1, -0.05) is 29.8 Å². The van der Waals surface area contributed by atoms with Crippen molar-refractivity contribution in [2.45, 2.75) is 19.4 Å². The van der Waals surface area contributed by atoms with E-state index in [1.54, 1.807) is 18.4 Å². The summed E-state index contributed by atoms with van der Waals surface area (Å²) in [6.45, 7) is 1.89. The van der Waals surface area contributed by atoms with Crippen LogP contribution in [0.3, 0.4) is 0 Å². The van der Waals surface area contributed by atoms with E-state index in [1.165, 1.54) is 21.6 Å². The molecule has 0 N–H and O–H groups in total. The Bertz CT molecular complexity index is 1220. The summed E-state index contributed by atoms with van der Waals surface area (Å²) in [5, 5.41) is 17.2. The zero-order chi connectivity index (χ0) is 21.9. The summed E-state index contributed by atoms with van der Waals surface area (Å²) in [6.07, 6.45) is 3.68. The smallest absolute Gasteiger partial charge is 0.281 e. The minimum absolute atomic E-state index is 0.147. The molecule has 5 rings (SSSR count). The molecule has 32 heavy (non-hydrogen) atoms. The average Bonchev–Trinajstić information content (AvgIpc) is 3.59. The van der Waals surface area contributed by atoms with Crippen molar-refractivity contribution in [2.75, 3.05) is 6.61 Å². The molecule has 1 aliphatic rings. The van der Waals surface area contributed by atoms with Crippen LogP contribution in [-0.4, -0.2) is 43.4 Å². The Hall–Kier alpha value is -4.27. The monoisotopic (exact) mass is 428 g/mol. The molecule has 9 nitrogen and oxygen atoms in total. The van der Waals surface area contributed by atoms with Gasteiger partial charge in [-0.05, 0) is 59.3 Å². The number of aromatic nitrogens is 4. The molecule has 0 saturated heterocycles. The minimum Gasteiger partial charge on any atom is -0.484 e. The molecule has 0 aliphatic carbocycles. The first-order chi connectivity index (χ1) is 15.7. The number of aryl methyl sites for hydroxylation is 1. The van der Waals surface area contributed by atoms with E-state index in [1.807, 2.05) is 55.5 Å². The quantitative estimate of drug-likeness (QED) is 0.467. The first-order valence-electron chi connectivity index (χ1n) is 10.1. The number of ether oxygens (including phenoxy) is 1. The molecule has 4 aromatic rings. The third-order valence-electron chi connectivity index (χ3n) is 5.23. The van der Waals surface area contributed by atoms with Gasteiger partial charge in [0.2, 0.25) is 0 Å². The highest BCUT2D eigenvalue weighted by atomic mass is 16.5. The van der Waals surface area contributed by atoms with Crippen molar-refractivity contribution < 1.29 is 13.9 Å². The normalized spacial score (nSPS) is 15.6. The molecule has 2 aromatic heterocycles. The van der Waals surface area contributed by atoms with Gasteiger partial charge in [-0.25, -0.2) is 9.69 Å². The lowest BCUT2D eigenvalue weighted by atomic mass is 10.0. The van der Waals surface area contributed by atoms with Gasteiger partial charge in [0, 0.05) is 6.42 Å². The third kappa shape index (κ3) is 4.00. The van der Waals surface area contributed by atoms with Crippen molar-refractivity contribution in [2.24, 2.45) is 5.10 Å².